The Morgan fingerprint density at radius 3 is 1.39 bits per heavy atom. The number of hydrogen-bond acceptors (Lipinski definition) is 20. The number of esters is 1. The van der Waals surface area contributed by atoms with Crippen LogP contribution >= 0.6 is 31.9 Å². The lowest BCUT2D eigenvalue weighted by Gasteiger charge is -2.37. The average molecular weight is 1780 g/mol. The van der Waals surface area contributed by atoms with Crippen LogP contribution in [-0.2, 0) is 69.4 Å². The minimum Gasteiger partial charge on any atom is -0.505 e. The molecule has 0 saturated heterocycles. The summed E-state index contributed by atoms with van der Waals surface area (Å²) in [6.45, 7) is 3.09. The van der Waals surface area contributed by atoms with E-state index >= 15 is 0 Å². The van der Waals surface area contributed by atoms with E-state index in [-0.39, 0.29) is 132 Å². The number of hydrogen-bond donors (Lipinski definition) is 6. The van der Waals surface area contributed by atoms with E-state index < -0.39 is 87.5 Å². The number of aliphatic hydroxyl groups excluding tert-OH is 1. The lowest BCUT2D eigenvalue weighted by Crippen LogP contribution is -2.50. The molecule has 7 aromatic carbocycles. The quantitative estimate of drug-likeness (QED) is 0.0127. The minimum absolute atomic E-state index is 0.00492. The SMILES string of the molecule is CCOC(=O)C1C(=O)N(CCN2C(=O)c3ccccc3C2=O)c2c(ncc(Cc3ccc(F)cc3)c2Br)C1O.O=C(NCCOCc1ccccc1)c1c(O)c2ncc(Cc3ccc(F)cc3)c(Br)c2n(CCN2C(=O)c3ccccc3C2=O)c1=O.O=C(NCCOCc1ccccc1)c1c(O)c2ncc(Cc3ccc(F)cc3)c3c2n(c1=O)CCN3. The lowest BCUT2D eigenvalue weighted by molar-refractivity contribution is -0.157. The van der Waals surface area contributed by atoms with Gasteiger partial charge in [0.05, 0.1) is 83.4 Å². The van der Waals surface area contributed by atoms with Crippen LogP contribution in [0.4, 0.5) is 24.5 Å². The number of fused-ring (bicyclic) bond motifs is 4. The van der Waals surface area contributed by atoms with E-state index in [2.05, 4.69) is 62.8 Å². The van der Waals surface area contributed by atoms with Gasteiger partial charge in [-0.3, -0.25) is 72.7 Å². The number of halogens is 5. The Hall–Kier alpha value is -13.4. The fourth-order valence-electron chi connectivity index (χ4n) is 14.7. The van der Waals surface area contributed by atoms with Gasteiger partial charge in [-0.25, -0.2) is 13.2 Å². The fourth-order valence-corrected chi connectivity index (χ4v) is 16.0. The normalized spacial score (nSPS) is 14.3. The molecule has 4 aliphatic heterocycles. The molecule has 122 heavy (non-hydrogen) atoms. The molecule has 5 aromatic heterocycles. The van der Waals surface area contributed by atoms with Crippen LogP contribution < -0.4 is 32.0 Å². The van der Waals surface area contributed by atoms with Crippen molar-refractivity contribution in [1.29, 1.82) is 0 Å². The maximum Gasteiger partial charge on any atom is 0.321 e. The molecule has 622 valence electrons. The van der Waals surface area contributed by atoms with Crippen LogP contribution in [0.1, 0.15) is 125 Å². The average Bonchev–Trinajstić information content (AvgIpc) is 1.15. The Balaban J connectivity index is 0.000000151. The number of aliphatic hydroxyl groups is 1. The molecule has 32 heteroatoms. The van der Waals surface area contributed by atoms with Gasteiger partial charge in [0.25, 0.3) is 46.6 Å². The van der Waals surface area contributed by atoms with Crippen LogP contribution in [0.2, 0.25) is 0 Å². The third-order valence-corrected chi connectivity index (χ3v) is 22.5. The Kier molecular flexibility index (Phi) is 26.4. The summed E-state index contributed by atoms with van der Waals surface area (Å²) in [4.78, 5) is 148. The molecule has 0 bridgehead atoms. The number of carbonyl (C=O) groups excluding carboxylic acids is 8. The van der Waals surface area contributed by atoms with Gasteiger partial charge in [0, 0.05) is 105 Å². The van der Waals surface area contributed by atoms with Gasteiger partial charge in [0.2, 0.25) is 5.91 Å². The fraction of sp³-hybridized carbons (Fsp3) is 0.211. The second kappa shape index (κ2) is 37.9. The molecule has 0 spiro atoms. The monoisotopic (exact) mass is 1780 g/mol. The van der Waals surface area contributed by atoms with Gasteiger partial charge in [-0.05, 0) is 138 Å². The summed E-state index contributed by atoms with van der Waals surface area (Å²) in [5.41, 5.74) is 6.98. The van der Waals surface area contributed by atoms with E-state index in [1.54, 1.807) is 98.0 Å². The van der Waals surface area contributed by atoms with Crippen molar-refractivity contribution in [3.8, 4) is 11.5 Å². The first kappa shape index (κ1) is 85.0. The highest BCUT2D eigenvalue weighted by Crippen LogP contribution is 2.44. The smallest absolute Gasteiger partial charge is 0.321 e. The van der Waals surface area contributed by atoms with Crippen molar-refractivity contribution in [3.63, 3.8) is 0 Å². The van der Waals surface area contributed by atoms with Gasteiger partial charge in [-0.15, -0.1) is 0 Å². The van der Waals surface area contributed by atoms with Gasteiger partial charge in [0.15, 0.2) is 17.4 Å². The Morgan fingerprint density at radius 1 is 0.500 bits per heavy atom. The van der Waals surface area contributed by atoms with Gasteiger partial charge in [0.1, 0.15) is 45.7 Å². The van der Waals surface area contributed by atoms with Crippen molar-refractivity contribution in [2.45, 2.75) is 58.6 Å². The van der Waals surface area contributed by atoms with Crippen LogP contribution in [0.25, 0.3) is 22.1 Å². The topological polar surface area (TPSA) is 353 Å². The molecule has 2 unspecified atom stereocenters. The Labute approximate surface area is 710 Å². The predicted octanol–water partition coefficient (Wildman–Crippen LogP) is 11.5. The summed E-state index contributed by atoms with van der Waals surface area (Å²) >= 11 is 7.10. The van der Waals surface area contributed by atoms with Crippen LogP contribution in [0, 0.1) is 23.4 Å². The number of nitrogens with one attached hydrogen (secondary N) is 3. The number of aromatic hydroxyl groups is 2. The number of pyridine rings is 5. The van der Waals surface area contributed by atoms with Crippen molar-refractivity contribution in [2.75, 3.05) is 69.3 Å². The molecule has 6 N–H and O–H groups in total. The molecule has 0 saturated carbocycles. The van der Waals surface area contributed by atoms with Crippen LogP contribution in [-0.4, -0.2) is 156 Å². The number of imide groups is 2. The van der Waals surface area contributed by atoms with Gasteiger partial charge >= 0.3 is 5.97 Å². The van der Waals surface area contributed by atoms with Crippen molar-refractivity contribution in [1.82, 2.24) is 44.5 Å². The molecule has 27 nitrogen and oxygen atoms in total. The number of carbonyl (C=O) groups is 8. The van der Waals surface area contributed by atoms with Crippen LogP contribution in [0.5, 0.6) is 11.5 Å². The first-order valence-corrected chi connectivity index (χ1v) is 40.3. The van der Waals surface area contributed by atoms with E-state index in [1.165, 1.54) is 62.8 Å². The highest BCUT2D eigenvalue weighted by molar-refractivity contribution is 9.11. The molecular formula is C90H76Br2F3N11O16. The number of nitrogens with zero attached hydrogens (tertiary/aromatic N) is 8. The Morgan fingerprint density at radius 2 is 0.910 bits per heavy atom. The molecule has 4 aliphatic rings. The summed E-state index contributed by atoms with van der Waals surface area (Å²) in [6, 6.07) is 50.0. The predicted molar refractivity (Wildman–Crippen MR) is 449 cm³/mol. The number of amides is 7. The number of anilines is 2. The van der Waals surface area contributed by atoms with Crippen molar-refractivity contribution < 1.29 is 81.1 Å². The number of ether oxygens (including phenoxy) is 3. The van der Waals surface area contributed by atoms with Crippen molar-refractivity contribution >= 4 is 113 Å². The maximum atomic E-state index is 14.0. The second-order valence-electron chi connectivity index (χ2n) is 28.5. The van der Waals surface area contributed by atoms with E-state index in [4.69, 9.17) is 14.2 Å². The second-order valence-corrected chi connectivity index (χ2v) is 30.1. The number of benzene rings is 7. The molecule has 9 heterocycles. The van der Waals surface area contributed by atoms with E-state index in [0.717, 1.165) is 43.2 Å². The summed E-state index contributed by atoms with van der Waals surface area (Å²) in [5.74, 6) is -8.82. The number of aromatic nitrogens is 5. The minimum atomic E-state index is -1.57. The molecule has 7 amide bonds. The molecule has 16 rings (SSSR count). The molecular weight excluding hydrogens is 1710 g/mol. The third kappa shape index (κ3) is 18.1. The van der Waals surface area contributed by atoms with Crippen molar-refractivity contribution in [3.05, 3.63) is 331 Å². The molecule has 12 aromatic rings. The summed E-state index contributed by atoms with van der Waals surface area (Å²) in [6.07, 6.45) is 4.14. The van der Waals surface area contributed by atoms with E-state index in [9.17, 15) is 76.4 Å². The molecule has 0 fully saturated rings. The third-order valence-electron chi connectivity index (χ3n) is 20.8. The Bertz CT molecular complexity index is 6140. The van der Waals surface area contributed by atoms with Crippen LogP contribution in [0.3, 0.4) is 0 Å². The van der Waals surface area contributed by atoms with Crippen molar-refractivity contribution in [2.24, 2.45) is 5.92 Å². The highest BCUT2D eigenvalue weighted by Gasteiger charge is 2.48. The highest BCUT2D eigenvalue weighted by atomic mass is 79.9. The maximum absolute atomic E-state index is 14.0. The van der Waals surface area contributed by atoms with E-state index in [1.807, 2.05) is 60.7 Å². The van der Waals surface area contributed by atoms with Gasteiger partial charge < -0.3 is 59.5 Å². The summed E-state index contributed by atoms with van der Waals surface area (Å²) in [5, 5.41) is 41.7. The molecule has 0 radical (unpaired) electrons. The molecule has 0 aliphatic carbocycles. The summed E-state index contributed by atoms with van der Waals surface area (Å²) in [7, 11) is 0. The first-order valence-electron chi connectivity index (χ1n) is 38.7. The zero-order valence-corrected chi connectivity index (χ0v) is 68.3. The van der Waals surface area contributed by atoms with E-state index in [0.29, 0.717) is 76.8 Å². The summed E-state index contributed by atoms with van der Waals surface area (Å²) < 4.78 is 60.0. The molecule has 2 atom stereocenters. The van der Waals surface area contributed by atoms with Gasteiger partial charge in [-0.1, -0.05) is 121 Å². The zero-order valence-electron chi connectivity index (χ0n) is 65.1. The largest absolute Gasteiger partial charge is 0.505 e. The van der Waals surface area contributed by atoms with Crippen LogP contribution in [0.15, 0.2) is 219 Å². The zero-order chi connectivity index (χ0) is 86.0. The number of rotatable bonds is 26. The van der Waals surface area contributed by atoms with Gasteiger partial charge in [-0.2, -0.15) is 0 Å². The first-order chi connectivity index (χ1) is 59.0. The lowest BCUT2D eigenvalue weighted by atomic mass is 9.91. The standard InChI is InChI=1S/C35H28BrFN4O6.C28H23BrFN3O6.C27H25FN4O4/c36-28-23(18-21-10-12-24(37)13-11-21)19-39-29-30(28)40(15-16-41-33(44)25-8-4-5-9-26(25)34(41)45)35(46)27(31(29)42)32(43)38-14-17-47-20-22-6-2-1-3-7-22;1-2-39-28(38)20-24(34)22-23(21(29)16(14-31-22)13-15-7-9-17(30)10-8-15)32(27(20)37)11-12-33-25(35)18-5-3-4-6-19(18)26(33)36;28-20-8-6-17(7-9-20)14-19-15-31-23-24-22(19)29-10-12-32(24)27(35)21(25(23)33)26(34)30-11-13-36-16-18-4-2-1-3-5-18/h1-13,19,42H,14-18,20H2,(H,38,43);3-10,14,20,24,34H,2,11-13H2,1H3;1-9,15,29,33H,10-14,16H2,(H,30,34).